The number of hydrogen-bond acceptors (Lipinski definition) is 6. The molecule has 0 fully saturated rings. The fourth-order valence-electron chi connectivity index (χ4n) is 3.24. The minimum Gasteiger partial charge on any atom is -0.507 e. The fourth-order valence-corrected chi connectivity index (χ4v) is 3.24. The van der Waals surface area contributed by atoms with E-state index in [2.05, 4.69) is 20.5 Å². The molecule has 7 nitrogen and oxygen atoms in total. The summed E-state index contributed by atoms with van der Waals surface area (Å²) in [6.07, 6.45) is 1.61. The molecule has 0 aliphatic heterocycles. The molecule has 0 unspecified atom stereocenters. The van der Waals surface area contributed by atoms with Gasteiger partial charge in [0.2, 0.25) is 0 Å². The van der Waals surface area contributed by atoms with E-state index in [0.29, 0.717) is 28.8 Å². The lowest BCUT2D eigenvalue weighted by Gasteiger charge is -2.11. The van der Waals surface area contributed by atoms with Crippen LogP contribution in [0.3, 0.4) is 0 Å². The molecule has 0 atom stereocenters. The third kappa shape index (κ3) is 3.08. The van der Waals surface area contributed by atoms with Crippen molar-refractivity contribution in [1.82, 2.24) is 20.2 Å². The van der Waals surface area contributed by atoms with Crippen LogP contribution in [-0.2, 0) is 0 Å². The average Bonchev–Trinajstić information content (AvgIpc) is 3.41. The number of aryl methyl sites for hydroxylation is 1. The first kappa shape index (κ1) is 17.0. The maximum absolute atomic E-state index is 10.3. The van der Waals surface area contributed by atoms with Crippen molar-refractivity contribution < 1.29 is 9.52 Å². The number of H-pyrrole nitrogens is 1. The molecule has 0 radical (unpaired) electrons. The number of aromatic amines is 1. The Hall–Kier alpha value is -4.13. The van der Waals surface area contributed by atoms with Crippen LogP contribution in [0, 0.1) is 6.92 Å². The Kier molecular flexibility index (Phi) is 3.98. The predicted molar refractivity (Wildman–Crippen MR) is 111 cm³/mol. The Bertz CT molecular complexity index is 1310. The molecule has 0 amide bonds. The fraction of sp³-hybridized carbons (Fsp3) is 0.0455. The van der Waals surface area contributed by atoms with E-state index < -0.39 is 0 Å². The number of nitrogens with zero attached hydrogens (tertiary/aromatic N) is 3. The van der Waals surface area contributed by atoms with Crippen molar-refractivity contribution >= 4 is 22.5 Å². The van der Waals surface area contributed by atoms with Crippen molar-refractivity contribution in [2.45, 2.75) is 6.92 Å². The number of nitrogens with one attached hydrogen (secondary N) is 2. The van der Waals surface area contributed by atoms with Crippen LogP contribution >= 0.6 is 0 Å². The predicted octanol–water partition coefficient (Wildman–Crippen LogP) is 5.04. The van der Waals surface area contributed by atoms with E-state index in [9.17, 15) is 5.11 Å². The Morgan fingerprint density at radius 3 is 2.72 bits per heavy atom. The maximum Gasteiger partial charge on any atom is 0.165 e. The highest BCUT2D eigenvalue weighted by atomic mass is 16.3. The van der Waals surface area contributed by atoms with Gasteiger partial charge in [-0.3, -0.25) is 5.10 Å². The first-order valence-corrected chi connectivity index (χ1v) is 9.11. The molecule has 0 bridgehead atoms. The van der Waals surface area contributed by atoms with Gasteiger partial charge in [0.15, 0.2) is 17.4 Å². The van der Waals surface area contributed by atoms with Gasteiger partial charge in [-0.05, 0) is 42.8 Å². The smallest absolute Gasteiger partial charge is 0.165 e. The van der Waals surface area contributed by atoms with Crippen LogP contribution in [0.4, 0.5) is 11.6 Å². The van der Waals surface area contributed by atoms with E-state index in [0.717, 1.165) is 22.2 Å². The molecule has 2 aromatic carbocycles. The summed E-state index contributed by atoms with van der Waals surface area (Å²) in [6.45, 7) is 2.00. The summed E-state index contributed by atoms with van der Waals surface area (Å²) in [4.78, 5) is 9.38. The van der Waals surface area contributed by atoms with E-state index in [-0.39, 0.29) is 5.75 Å². The quantitative estimate of drug-likeness (QED) is 0.402. The molecule has 0 saturated heterocycles. The van der Waals surface area contributed by atoms with Gasteiger partial charge in [0.25, 0.3) is 0 Å². The topological polar surface area (TPSA) is 99.9 Å². The molecule has 0 saturated carbocycles. The number of phenolic OH excluding ortho intramolecular Hbond substituents is 1. The molecule has 5 rings (SSSR count). The third-order valence-electron chi connectivity index (χ3n) is 4.68. The second-order valence-electron chi connectivity index (χ2n) is 6.65. The highest BCUT2D eigenvalue weighted by Gasteiger charge is 2.15. The van der Waals surface area contributed by atoms with Crippen LogP contribution in [0.25, 0.3) is 33.7 Å². The van der Waals surface area contributed by atoms with Gasteiger partial charge >= 0.3 is 0 Å². The van der Waals surface area contributed by atoms with Crippen molar-refractivity contribution in [1.29, 1.82) is 0 Å². The second kappa shape index (κ2) is 6.79. The maximum atomic E-state index is 10.3. The molecular weight excluding hydrogens is 366 g/mol. The second-order valence-corrected chi connectivity index (χ2v) is 6.65. The molecule has 0 spiro atoms. The summed E-state index contributed by atoms with van der Waals surface area (Å²) in [5.41, 5.74) is 3.15. The first-order valence-electron chi connectivity index (χ1n) is 9.11. The van der Waals surface area contributed by atoms with Gasteiger partial charge in [-0.1, -0.05) is 24.3 Å². The number of rotatable bonds is 4. The molecule has 0 aliphatic rings. The minimum absolute atomic E-state index is 0.131. The lowest BCUT2D eigenvalue weighted by Crippen LogP contribution is -2.00. The summed E-state index contributed by atoms with van der Waals surface area (Å²) in [7, 11) is 0. The first-order chi connectivity index (χ1) is 14.2. The van der Waals surface area contributed by atoms with Crippen LogP contribution in [0.1, 0.15) is 5.56 Å². The van der Waals surface area contributed by atoms with E-state index in [4.69, 9.17) is 9.40 Å². The van der Waals surface area contributed by atoms with Crippen LogP contribution in [0.5, 0.6) is 5.75 Å². The molecule has 0 aliphatic carbocycles. The lowest BCUT2D eigenvalue weighted by molar-refractivity contribution is 0.477. The SMILES string of the molecule is Cc1cccc2c(Nc3cc(-c4ccco4)[nH]n3)nc(-c3ccccc3O)nc12. The molecule has 3 aromatic heterocycles. The standard InChI is InChI=1S/C22H17N5O2/c1-13-6-4-8-15-20(13)24-21(14-7-2-3-9-17(14)28)25-22(15)23-19-12-16(26-27-19)18-10-5-11-29-18/h2-12,28H,1H3,(H2,23,24,25,26,27). The molecule has 7 heteroatoms. The van der Waals surface area contributed by atoms with Crippen molar-refractivity contribution in [2.75, 3.05) is 5.32 Å². The van der Waals surface area contributed by atoms with Crippen molar-refractivity contribution in [2.24, 2.45) is 0 Å². The van der Waals surface area contributed by atoms with Gasteiger partial charge in [0.05, 0.1) is 17.3 Å². The van der Waals surface area contributed by atoms with Crippen LogP contribution < -0.4 is 5.32 Å². The zero-order valence-corrected chi connectivity index (χ0v) is 15.5. The van der Waals surface area contributed by atoms with Crippen molar-refractivity contribution in [3.8, 4) is 28.6 Å². The summed E-state index contributed by atoms with van der Waals surface area (Å²) in [5.74, 6) is 2.47. The van der Waals surface area contributed by atoms with Gasteiger partial charge < -0.3 is 14.8 Å². The number of benzene rings is 2. The number of aromatic nitrogens is 4. The number of furan rings is 1. The number of aromatic hydroxyl groups is 1. The molecule has 142 valence electrons. The molecule has 3 heterocycles. The van der Waals surface area contributed by atoms with E-state index >= 15 is 0 Å². The van der Waals surface area contributed by atoms with Crippen LogP contribution in [0.2, 0.25) is 0 Å². The number of phenols is 1. The minimum atomic E-state index is 0.131. The Balaban J connectivity index is 1.63. The van der Waals surface area contributed by atoms with Gasteiger partial charge in [0.1, 0.15) is 17.3 Å². The highest BCUT2D eigenvalue weighted by Crippen LogP contribution is 2.32. The number of fused-ring (bicyclic) bond motifs is 1. The van der Waals surface area contributed by atoms with Crippen LogP contribution in [-0.4, -0.2) is 25.3 Å². The normalized spacial score (nSPS) is 11.1. The molecule has 3 N–H and O–H groups in total. The lowest BCUT2D eigenvalue weighted by atomic mass is 10.1. The molecule has 29 heavy (non-hydrogen) atoms. The van der Waals surface area contributed by atoms with E-state index in [1.165, 1.54) is 0 Å². The largest absolute Gasteiger partial charge is 0.507 e. The molecule has 5 aromatic rings. The van der Waals surface area contributed by atoms with Gasteiger partial charge in [-0.2, -0.15) is 5.10 Å². The average molecular weight is 383 g/mol. The van der Waals surface area contributed by atoms with Gasteiger partial charge in [-0.25, -0.2) is 9.97 Å². The number of hydrogen-bond donors (Lipinski definition) is 3. The Morgan fingerprint density at radius 2 is 1.90 bits per heavy atom. The summed E-state index contributed by atoms with van der Waals surface area (Å²) < 4.78 is 5.41. The monoisotopic (exact) mass is 383 g/mol. The number of anilines is 2. The summed E-state index contributed by atoms with van der Waals surface area (Å²) in [6, 6.07) is 18.5. The summed E-state index contributed by atoms with van der Waals surface area (Å²) >= 11 is 0. The van der Waals surface area contributed by atoms with Gasteiger partial charge in [0, 0.05) is 11.5 Å². The van der Waals surface area contributed by atoms with E-state index in [1.807, 2.05) is 49.4 Å². The Morgan fingerprint density at radius 1 is 1.00 bits per heavy atom. The number of para-hydroxylation sites is 2. The van der Waals surface area contributed by atoms with Crippen molar-refractivity contribution in [3.63, 3.8) is 0 Å². The zero-order valence-electron chi connectivity index (χ0n) is 15.5. The summed E-state index contributed by atoms with van der Waals surface area (Å²) in [5, 5.41) is 21.7. The van der Waals surface area contributed by atoms with Gasteiger partial charge in [-0.15, -0.1) is 0 Å². The third-order valence-corrected chi connectivity index (χ3v) is 4.68. The zero-order chi connectivity index (χ0) is 19.8. The van der Waals surface area contributed by atoms with Crippen molar-refractivity contribution in [3.05, 3.63) is 72.5 Å². The van der Waals surface area contributed by atoms with Crippen LogP contribution in [0.15, 0.2) is 71.3 Å². The highest BCUT2D eigenvalue weighted by molar-refractivity contribution is 5.94. The Labute approximate surface area is 166 Å². The molecular formula is C22H17N5O2. The van der Waals surface area contributed by atoms with E-state index in [1.54, 1.807) is 24.5 Å².